The fourth-order valence-corrected chi connectivity index (χ4v) is 5.09. The highest BCUT2D eigenvalue weighted by molar-refractivity contribution is 7.89. The first kappa shape index (κ1) is 19.1. The number of carbonyl (C=O) groups excluding carboxylic acids is 2. The van der Waals surface area contributed by atoms with Crippen LogP contribution in [0.3, 0.4) is 0 Å². The number of carbonyl (C=O) groups is 2. The van der Waals surface area contributed by atoms with E-state index in [0.717, 1.165) is 0 Å². The van der Waals surface area contributed by atoms with Gasteiger partial charge in [0.2, 0.25) is 21.8 Å². The standard InChI is InChI=1S/C17H22ClN3O4S/c1-12-16(22)19-8-10-21(12)17(23)13-3-2-9-20(11-13)26(24,25)15-6-4-14(18)5-7-15/h4-7,12-13H,2-3,8-11H2,1H3,(H,19,22)/t12-,13-/m1/s1. The van der Waals surface area contributed by atoms with Gasteiger partial charge in [0, 0.05) is 31.2 Å². The van der Waals surface area contributed by atoms with E-state index in [0.29, 0.717) is 37.5 Å². The number of hydrogen-bond donors (Lipinski definition) is 1. The maximum atomic E-state index is 12.9. The molecule has 2 saturated heterocycles. The highest BCUT2D eigenvalue weighted by atomic mass is 35.5. The lowest BCUT2D eigenvalue weighted by atomic mass is 9.97. The summed E-state index contributed by atoms with van der Waals surface area (Å²) < 4.78 is 27.1. The largest absolute Gasteiger partial charge is 0.353 e. The van der Waals surface area contributed by atoms with Gasteiger partial charge in [0.15, 0.2) is 0 Å². The molecule has 1 aromatic carbocycles. The summed E-state index contributed by atoms with van der Waals surface area (Å²) in [6.07, 6.45) is 1.23. The Labute approximate surface area is 158 Å². The van der Waals surface area contributed by atoms with E-state index in [4.69, 9.17) is 11.6 Å². The molecule has 2 aliphatic rings. The maximum absolute atomic E-state index is 12.9. The average Bonchev–Trinajstić information content (AvgIpc) is 2.64. The molecule has 142 valence electrons. The summed E-state index contributed by atoms with van der Waals surface area (Å²) in [5.41, 5.74) is 0. The van der Waals surface area contributed by atoms with Gasteiger partial charge in [0.1, 0.15) is 6.04 Å². The topological polar surface area (TPSA) is 86.8 Å². The fraction of sp³-hybridized carbons (Fsp3) is 0.529. The molecule has 0 spiro atoms. The van der Waals surface area contributed by atoms with E-state index in [1.165, 1.54) is 28.6 Å². The van der Waals surface area contributed by atoms with Crippen LogP contribution in [0.25, 0.3) is 0 Å². The van der Waals surface area contributed by atoms with Gasteiger partial charge in [-0.25, -0.2) is 8.42 Å². The molecule has 0 aliphatic carbocycles. The van der Waals surface area contributed by atoms with Crippen LogP contribution in [-0.4, -0.2) is 61.7 Å². The minimum Gasteiger partial charge on any atom is -0.353 e. The van der Waals surface area contributed by atoms with Gasteiger partial charge in [-0.1, -0.05) is 11.6 Å². The van der Waals surface area contributed by atoms with Crippen molar-refractivity contribution in [1.29, 1.82) is 0 Å². The van der Waals surface area contributed by atoms with Crippen molar-refractivity contribution in [3.05, 3.63) is 29.3 Å². The van der Waals surface area contributed by atoms with Crippen molar-refractivity contribution in [2.45, 2.75) is 30.7 Å². The number of nitrogens with one attached hydrogen (secondary N) is 1. The van der Waals surface area contributed by atoms with Crippen molar-refractivity contribution in [2.24, 2.45) is 5.92 Å². The van der Waals surface area contributed by atoms with Crippen LogP contribution in [0, 0.1) is 5.92 Å². The second-order valence-electron chi connectivity index (χ2n) is 6.65. The molecule has 2 amide bonds. The van der Waals surface area contributed by atoms with Crippen molar-refractivity contribution >= 4 is 33.4 Å². The monoisotopic (exact) mass is 399 g/mol. The van der Waals surface area contributed by atoms with Crippen LogP contribution < -0.4 is 5.32 Å². The lowest BCUT2D eigenvalue weighted by Crippen LogP contribution is -2.58. The number of piperazine rings is 1. The molecule has 0 aromatic heterocycles. The maximum Gasteiger partial charge on any atom is 0.243 e. The Bertz CT molecular complexity index is 797. The Morgan fingerprint density at radius 2 is 1.92 bits per heavy atom. The Hall–Kier alpha value is -1.64. The number of piperidine rings is 1. The van der Waals surface area contributed by atoms with E-state index in [-0.39, 0.29) is 23.3 Å². The highest BCUT2D eigenvalue weighted by Crippen LogP contribution is 2.26. The molecular formula is C17H22ClN3O4S. The van der Waals surface area contributed by atoms with Crippen LogP contribution in [0.1, 0.15) is 19.8 Å². The Morgan fingerprint density at radius 1 is 1.23 bits per heavy atom. The van der Waals surface area contributed by atoms with Gasteiger partial charge in [-0.05, 0) is 44.0 Å². The Balaban J connectivity index is 1.75. The van der Waals surface area contributed by atoms with Gasteiger partial charge >= 0.3 is 0 Å². The summed E-state index contributed by atoms with van der Waals surface area (Å²) in [7, 11) is -3.68. The van der Waals surface area contributed by atoms with Crippen LogP contribution in [0.15, 0.2) is 29.2 Å². The third-order valence-corrected chi connectivity index (χ3v) is 7.10. The quantitative estimate of drug-likeness (QED) is 0.824. The number of nitrogens with zero attached hydrogens (tertiary/aromatic N) is 2. The van der Waals surface area contributed by atoms with Gasteiger partial charge in [-0.15, -0.1) is 0 Å². The third kappa shape index (κ3) is 3.72. The first-order chi connectivity index (χ1) is 12.3. The van der Waals surface area contributed by atoms with Gasteiger partial charge in [-0.2, -0.15) is 4.31 Å². The van der Waals surface area contributed by atoms with E-state index in [1.807, 2.05) is 0 Å². The Kier molecular flexibility index (Phi) is 5.55. The minimum atomic E-state index is -3.68. The van der Waals surface area contributed by atoms with E-state index in [2.05, 4.69) is 5.32 Å². The first-order valence-corrected chi connectivity index (χ1v) is 10.5. The minimum absolute atomic E-state index is 0.134. The van der Waals surface area contributed by atoms with E-state index in [9.17, 15) is 18.0 Å². The van der Waals surface area contributed by atoms with E-state index in [1.54, 1.807) is 11.8 Å². The lowest BCUT2D eigenvalue weighted by Gasteiger charge is -2.38. The highest BCUT2D eigenvalue weighted by Gasteiger charge is 2.38. The predicted octanol–water partition coefficient (Wildman–Crippen LogP) is 1.09. The molecule has 2 atom stereocenters. The van der Waals surface area contributed by atoms with E-state index < -0.39 is 22.0 Å². The molecule has 1 aromatic rings. The summed E-state index contributed by atoms with van der Waals surface area (Å²) in [4.78, 5) is 26.4. The zero-order valence-corrected chi connectivity index (χ0v) is 16.1. The summed E-state index contributed by atoms with van der Waals surface area (Å²) in [5.74, 6) is -0.756. The summed E-state index contributed by atoms with van der Waals surface area (Å²) >= 11 is 5.83. The number of amides is 2. The molecule has 0 radical (unpaired) electrons. The van der Waals surface area contributed by atoms with Crippen LogP contribution in [0.5, 0.6) is 0 Å². The molecule has 0 saturated carbocycles. The van der Waals surface area contributed by atoms with Gasteiger partial charge < -0.3 is 10.2 Å². The predicted molar refractivity (Wildman–Crippen MR) is 97.1 cm³/mol. The first-order valence-electron chi connectivity index (χ1n) is 8.64. The normalized spacial score (nSPS) is 25.0. The molecular weight excluding hydrogens is 378 g/mol. The van der Waals surface area contributed by atoms with Crippen molar-refractivity contribution in [3.63, 3.8) is 0 Å². The van der Waals surface area contributed by atoms with Crippen molar-refractivity contribution in [1.82, 2.24) is 14.5 Å². The molecule has 9 heteroatoms. The van der Waals surface area contributed by atoms with Crippen LogP contribution in [0.4, 0.5) is 0 Å². The number of sulfonamides is 1. The summed E-state index contributed by atoms with van der Waals surface area (Å²) in [6.45, 7) is 3.08. The van der Waals surface area contributed by atoms with Crippen LogP contribution >= 0.6 is 11.6 Å². The third-order valence-electron chi connectivity index (χ3n) is 4.97. The van der Waals surface area contributed by atoms with Crippen molar-refractivity contribution in [2.75, 3.05) is 26.2 Å². The van der Waals surface area contributed by atoms with Crippen molar-refractivity contribution < 1.29 is 18.0 Å². The SMILES string of the molecule is C[C@@H]1C(=O)NCCN1C(=O)[C@@H]1CCCN(S(=O)(=O)c2ccc(Cl)cc2)C1. The van der Waals surface area contributed by atoms with Gasteiger partial charge in [0.25, 0.3) is 0 Å². The molecule has 26 heavy (non-hydrogen) atoms. The molecule has 0 bridgehead atoms. The van der Waals surface area contributed by atoms with Crippen LogP contribution in [0.2, 0.25) is 5.02 Å². The molecule has 1 N–H and O–H groups in total. The zero-order chi connectivity index (χ0) is 18.9. The molecule has 2 aliphatic heterocycles. The molecule has 0 unspecified atom stereocenters. The zero-order valence-electron chi connectivity index (χ0n) is 14.5. The summed E-state index contributed by atoms with van der Waals surface area (Å²) in [5, 5.41) is 3.19. The second-order valence-corrected chi connectivity index (χ2v) is 9.03. The number of hydrogen-bond acceptors (Lipinski definition) is 4. The van der Waals surface area contributed by atoms with E-state index >= 15 is 0 Å². The molecule has 2 heterocycles. The van der Waals surface area contributed by atoms with Crippen molar-refractivity contribution in [3.8, 4) is 0 Å². The fourth-order valence-electron chi connectivity index (χ4n) is 3.44. The van der Waals surface area contributed by atoms with Gasteiger partial charge in [0.05, 0.1) is 10.8 Å². The smallest absolute Gasteiger partial charge is 0.243 e. The number of halogens is 1. The number of benzene rings is 1. The van der Waals surface area contributed by atoms with Crippen LogP contribution in [-0.2, 0) is 19.6 Å². The molecule has 2 fully saturated rings. The van der Waals surface area contributed by atoms with Gasteiger partial charge in [-0.3, -0.25) is 9.59 Å². The Morgan fingerprint density at radius 3 is 2.62 bits per heavy atom. The average molecular weight is 400 g/mol. The lowest BCUT2D eigenvalue weighted by molar-refractivity contribution is -0.146. The molecule has 3 rings (SSSR count). The number of rotatable bonds is 3. The second kappa shape index (κ2) is 7.54. The molecule has 7 nitrogen and oxygen atoms in total. The summed E-state index contributed by atoms with van der Waals surface area (Å²) in [6, 6.07) is 5.49.